The predicted molar refractivity (Wildman–Crippen MR) is 60.6 cm³/mol. The summed E-state index contributed by atoms with van der Waals surface area (Å²) in [4.78, 5) is 11.6. The Balaban J connectivity index is 2.41. The second kappa shape index (κ2) is 4.39. The summed E-state index contributed by atoms with van der Waals surface area (Å²) in [7, 11) is 1.60. The number of hydrogen-bond acceptors (Lipinski definition) is 3. The third kappa shape index (κ3) is 1.69. The molecule has 84 valence electrons. The molecule has 0 radical (unpaired) electrons. The SMILES string of the molecule is C/C=C\CC1OC(=O)c2cccc(OC)c21. The van der Waals surface area contributed by atoms with Crippen LogP contribution in [0.5, 0.6) is 5.75 Å². The molecule has 3 nitrogen and oxygen atoms in total. The summed E-state index contributed by atoms with van der Waals surface area (Å²) < 4.78 is 10.6. The molecule has 3 heteroatoms. The number of carbonyl (C=O) groups excluding carboxylic acids is 1. The van der Waals surface area contributed by atoms with Gasteiger partial charge in [-0.05, 0) is 19.1 Å². The van der Waals surface area contributed by atoms with Crippen molar-refractivity contribution in [1.82, 2.24) is 0 Å². The Morgan fingerprint density at radius 1 is 1.50 bits per heavy atom. The van der Waals surface area contributed by atoms with Crippen LogP contribution in [0.25, 0.3) is 0 Å². The second-order valence-electron chi connectivity index (χ2n) is 3.62. The van der Waals surface area contributed by atoms with Crippen LogP contribution >= 0.6 is 0 Å². The Kier molecular flexibility index (Phi) is 2.95. The summed E-state index contributed by atoms with van der Waals surface area (Å²) >= 11 is 0. The summed E-state index contributed by atoms with van der Waals surface area (Å²) in [5.74, 6) is 0.459. The molecule has 0 saturated carbocycles. The Morgan fingerprint density at radius 3 is 3.00 bits per heavy atom. The van der Waals surface area contributed by atoms with E-state index in [-0.39, 0.29) is 12.1 Å². The fourth-order valence-corrected chi connectivity index (χ4v) is 1.91. The zero-order valence-electron chi connectivity index (χ0n) is 9.40. The number of methoxy groups -OCH3 is 1. The van der Waals surface area contributed by atoms with E-state index in [0.29, 0.717) is 12.0 Å². The van der Waals surface area contributed by atoms with Crippen molar-refractivity contribution in [3.8, 4) is 5.75 Å². The van der Waals surface area contributed by atoms with Gasteiger partial charge < -0.3 is 9.47 Å². The van der Waals surface area contributed by atoms with E-state index < -0.39 is 0 Å². The van der Waals surface area contributed by atoms with E-state index in [0.717, 1.165) is 11.3 Å². The van der Waals surface area contributed by atoms with Gasteiger partial charge in [0.2, 0.25) is 0 Å². The minimum absolute atomic E-state index is 0.213. The van der Waals surface area contributed by atoms with Gasteiger partial charge in [-0.2, -0.15) is 0 Å². The summed E-state index contributed by atoms with van der Waals surface area (Å²) in [6, 6.07) is 5.43. The molecule has 0 amide bonds. The molecule has 0 aliphatic carbocycles. The molecule has 1 aromatic rings. The molecule has 0 fully saturated rings. The number of benzene rings is 1. The van der Waals surface area contributed by atoms with Crippen LogP contribution in [0, 0.1) is 0 Å². The van der Waals surface area contributed by atoms with Crippen LogP contribution in [0.1, 0.15) is 35.4 Å². The highest BCUT2D eigenvalue weighted by Crippen LogP contribution is 2.39. The molecule has 0 spiro atoms. The maximum Gasteiger partial charge on any atom is 0.339 e. The van der Waals surface area contributed by atoms with Gasteiger partial charge in [0.15, 0.2) is 0 Å². The van der Waals surface area contributed by atoms with E-state index in [1.165, 1.54) is 0 Å². The van der Waals surface area contributed by atoms with Crippen molar-refractivity contribution in [2.45, 2.75) is 19.4 Å². The van der Waals surface area contributed by atoms with Crippen molar-refractivity contribution < 1.29 is 14.3 Å². The standard InChI is InChI=1S/C13H14O3/c1-3-4-7-11-12-9(13(14)16-11)6-5-8-10(12)15-2/h3-6,8,11H,7H2,1-2H3/b4-3-. The van der Waals surface area contributed by atoms with Gasteiger partial charge >= 0.3 is 5.97 Å². The Bertz CT molecular complexity index is 435. The van der Waals surface area contributed by atoms with E-state index in [4.69, 9.17) is 9.47 Å². The molecule has 0 saturated heterocycles. The van der Waals surface area contributed by atoms with Crippen molar-refractivity contribution in [2.75, 3.05) is 7.11 Å². The molecule has 0 aromatic heterocycles. The van der Waals surface area contributed by atoms with Gasteiger partial charge in [-0.3, -0.25) is 0 Å². The zero-order chi connectivity index (χ0) is 11.5. The first kappa shape index (κ1) is 10.7. The minimum atomic E-state index is -0.261. The van der Waals surface area contributed by atoms with Crippen molar-refractivity contribution in [1.29, 1.82) is 0 Å². The van der Waals surface area contributed by atoms with Crippen LogP contribution in [0.3, 0.4) is 0 Å². The summed E-state index contributed by atoms with van der Waals surface area (Å²) in [6.07, 6.45) is 4.41. The van der Waals surface area contributed by atoms with E-state index in [2.05, 4.69) is 0 Å². The molecule has 16 heavy (non-hydrogen) atoms. The van der Waals surface area contributed by atoms with Gasteiger partial charge in [0.05, 0.1) is 12.7 Å². The van der Waals surface area contributed by atoms with Crippen LogP contribution in [-0.4, -0.2) is 13.1 Å². The molecule has 1 aromatic carbocycles. The van der Waals surface area contributed by atoms with Crippen LogP contribution in [0.4, 0.5) is 0 Å². The number of hydrogen-bond donors (Lipinski definition) is 0. The highest BCUT2D eigenvalue weighted by Gasteiger charge is 2.32. The Morgan fingerprint density at radius 2 is 2.31 bits per heavy atom. The zero-order valence-corrected chi connectivity index (χ0v) is 9.40. The largest absolute Gasteiger partial charge is 0.496 e. The van der Waals surface area contributed by atoms with Gasteiger partial charge in [0, 0.05) is 12.0 Å². The van der Waals surface area contributed by atoms with Gasteiger partial charge in [-0.25, -0.2) is 4.79 Å². The Labute approximate surface area is 94.7 Å². The van der Waals surface area contributed by atoms with Gasteiger partial charge in [-0.15, -0.1) is 0 Å². The predicted octanol–water partition coefficient (Wildman–Crippen LogP) is 2.87. The number of carbonyl (C=O) groups is 1. The average molecular weight is 218 g/mol. The number of ether oxygens (including phenoxy) is 2. The molecule has 0 bridgehead atoms. The highest BCUT2D eigenvalue weighted by atomic mass is 16.6. The van der Waals surface area contributed by atoms with Crippen molar-refractivity contribution in [3.63, 3.8) is 0 Å². The lowest BCUT2D eigenvalue weighted by molar-refractivity contribution is 0.0390. The first-order valence-electron chi connectivity index (χ1n) is 5.27. The normalized spacial score (nSPS) is 18.6. The molecule has 1 heterocycles. The number of esters is 1. The van der Waals surface area contributed by atoms with Crippen molar-refractivity contribution in [3.05, 3.63) is 41.5 Å². The minimum Gasteiger partial charge on any atom is -0.496 e. The maximum atomic E-state index is 11.6. The van der Waals surface area contributed by atoms with Crippen LogP contribution in [0.2, 0.25) is 0 Å². The molecule has 1 aliphatic heterocycles. The molecule has 1 aliphatic rings. The molecule has 1 atom stereocenters. The molecular weight excluding hydrogens is 204 g/mol. The highest BCUT2D eigenvalue weighted by molar-refractivity contribution is 5.95. The fourth-order valence-electron chi connectivity index (χ4n) is 1.91. The van der Waals surface area contributed by atoms with Gasteiger partial charge in [-0.1, -0.05) is 18.2 Å². The first-order chi connectivity index (χ1) is 7.77. The van der Waals surface area contributed by atoms with Crippen LogP contribution < -0.4 is 4.74 Å². The van der Waals surface area contributed by atoms with E-state index in [1.54, 1.807) is 19.2 Å². The smallest absolute Gasteiger partial charge is 0.339 e. The number of allylic oxidation sites excluding steroid dienone is 1. The van der Waals surface area contributed by atoms with Crippen LogP contribution in [-0.2, 0) is 4.74 Å². The molecular formula is C13H14O3. The monoisotopic (exact) mass is 218 g/mol. The topological polar surface area (TPSA) is 35.5 Å². The first-order valence-corrected chi connectivity index (χ1v) is 5.27. The van der Waals surface area contributed by atoms with Gasteiger partial charge in [0.25, 0.3) is 0 Å². The lowest BCUT2D eigenvalue weighted by Crippen LogP contribution is -1.98. The quantitative estimate of drug-likeness (QED) is 0.578. The lowest BCUT2D eigenvalue weighted by atomic mass is 10.0. The third-order valence-corrected chi connectivity index (χ3v) is 2.66. The van der Waals surface area contributed by atoms with Crippen molar-refractivity contribution >= 4 is 5.97 Å². The second-order valence-corrected chi connectivity index (χ2v) is 3.62. The lowest BCUT2D eigenvalue weighted by Gasteiger charge is -2.11. The Hall–Kier alpha value is -1.77. The average Bonchev–Trinajstić information content (AvgIpc) is 2.64. The fraction of sp³-hybridized carbons (Fsp3) is 0.308. The molecule has 1 unspecified atom stereocenters. The van der Waals surface area contributed by atoms with Gasteiger partial charge in [0.1, 0.15) is 11.9 Å². The third-order valence-electron chi connectivity index (χ3n) is 2.66. The van der Waals surface area contributed by atoms with Crippen molar-refractivity contribution in [2.24, 2.45) is 0 Å². The molecule has 2 rings (SSSR count). The summed E-state index contributed by atoms with van der Waals surface area (Å²) in [5.41, 5.74) is 1.49. The maximum absolute atomic E-state index is 11.6. The summed E-state index contributed by atoms with van der Waals surface area (Å²) in [5, 5.41) is 0. The number of rotatable bonds is 3. The molecule has 0 N–H and O–H groups in total. The number of fused-ring (bicyclic) bond motifs is 1. The number of cyclic esters (lactones) is 1. The van der Waals surface area contributed by atoms with E-state index >= 15 is 0 Å². The van der Waals surface area contributed by atoms with E-state index in [1.807, 2.05) is 25.1 Å². The van der Waals surface area contributed by atoms with Crippen LogP contribution in [0.15, 0.2) is 30.4 Å². The van der Waals surface area contributed by atoms with E-state index in [9.17, 15) is 4.79 Å². The summed E-state index contributed by atoms with van der Waals surface area (Å²) in [6.45, 7) is 1.94.